The van der Waals surface area contributed by atoms with Crippen molar-refractivity contribution in [2.75, 3.05) is 50.5 Å². The van der Waals surface area contributed by atoms with E-state index in [2.05, 4.69) is 51.5 Å². The van der Waals surface area contributed by atoms with Crippen LogP contribution in [0.25, 0.3) is 10.9 Å². The van der Waals surface area contributed by atoms with Crippen LogP contribution in [0.4, 0.5) is 10.1 Å². The minimum Gasteiger partial charge on any atom is -0.462 e. The number of esters is 3. The fourth-order valence-electron chi connectivity index (χ4n) is 12.0. The number of allylic oxidation sites excluding steroid dienone is 1. The second-order valence-electron chi connectivity index (χ2n) is 21.3. The number of ether oxygens (including phenoxy) is 3. The van der Waals surface area contributed by atoms with Crippen LogP contribution in [0.15, 0.2) is 45.8 Å². The second kappa shape index (κ2) is 23.5. The molecule has 4 heterocycles. The number of hydrogen-bond acceptors (Lipinski definition) is 13. The summed E-state index contributed by atoms with van der Waals surface area (Å²) in [6.07, 6.45) is 12.6. The number of fused-ring (bicyclic) bond motifs is 4. The number of ketones is 1. The Hall–Kier alpha value is -3.66. The zero-order chi connectivity index (χ0) is 50.5. The van der Waals surface area contributed by atoms with Crippen molar-refractivity contribution in [3.8, 4) is 0 Å². The molecule has 9 atom stereocenters. The number of nitrogens with zero attached hydrogens (tertiary/aromatic N) is 3. The molecule has 2 aromatic rings. The summed E-state index contributed by atoms with van der Waals surface area (Å²) in [7, 11) is 2.19. The Labute approximate surface area is 424 Å². The monoisotopic (exact) mass is 1010 g/mol. The van der Waals surface area contributed by atoms with E-state index in [4.69, 9.17) is 14.2 Å². The van der Waals surface area contributed by atoms with Gasteiger partial charge >= 0.3 is 17.9 Å². The first-order valence-electron chi connectivity index (χ1n) is 26.2. The lowest BCUT2D eigenvalue weighted by molar-refractivity contribution is -0.165. The van der Waals surface area contributed by atoms with E-state index in [1.165, 1.54) is 17.8 Å². The summed E-state index contributed by atoms with van der Waals surface area (Å²) in [6.45, 7) is 22.0. The number of anilines is 1. The highest BCUT2D eigenvalue weighted by atomic mass is 32.2. The Morgan fingerprint density at radius 3 is 2.33 bits per heavy atom. The lowest BCUT2D eigenvalue weighted by Crippen LogP contribution is -2.50. The summed E-state index contributed by atoms with van der Waals surface area (Å²) in [6, 6.07) is 3.98. The number of hydrogen-bond donors (Lipinski definition) is 1. The number of likely N-dealkylation sites (tertiary alicyclic amines) is 1. The number of carbonyl (C=O) groups excluding carboxylic acids is 4. The standard InChI is InChI=1S/C55H79FN4O8S2/c1-10-38-29-39(28-34(3)58(38)9)69-33-47(63)67-45-32-54(7,11-2)51(36(5)55(8)22-21-44(61)49(55)35(45)4)68-46(62)20-18-16-14-12-13-15-17-19-27-66-53(65)48-50(64)40-30-41(56)43(59-25-23-57-24-26-59)31-42(40)60-37(6)70-52(48)60/h11,30-31,34,36-39,45,51,57H,2,10,12-29,32-33H2,1,3-9H3/b49-35-/t34?,36-,37?,38?,39?,45+,51-,54+,55?/m1/s1. The lowest BCUT2D eigenvalue weighted by Gasteiger charge is -2.48. The predicted octanol–water partition coefficient (Wildman–Crippen LogP) is 10.6. The highest BCUT2D eigenvalue weighted by Gasteiger charge is 2.55. The number of nitrogens with one attached hydrogen (secondary N) is 1. The van der Waals surface area contributed by atoms with Crippen LogP contribution in [-0.4, -0.2) is 108 Å². The third-order valence-corrected chi connectivity index (χ3v) is 19.1. The van der Waals surface area contributed by atoms with Crippen molar-refractivity contribution in [2.45, 2.75) is 185 Å². The molecule has 15 heteroatoms. The maximum Gasteiger partial charge on any atom is 0.344 e. The molecule has 12 nitrogen and oxygen atoms in total. The largest absolute Gasteiger partial charge is 0.462 e. The Balaban J connectivity index is 0.845. The summed E-state index contributed by atoms with van der Waals surface area (Å²) in [5, 5.41) is 4.44. The number of pyridine rings is 1. The van der Waals surface area contributed by atoms with E-state index in [-0.39, 0.29) is 58.7 Å². The van der Waals surface area contributed by atoms with Crippen molar-refractivity contribution in [3.63, 3.8) is 0 Å². The van der Waals surface area contributed by atoms with Gasteiger partial charge in [-0.2, -0.15) is 0 Å². The molecule has 7 rings (SSSR count). The van der Waals surface area contributed by atoms with E-state index in [0.29, 0.717) is 78.8 Å². The molecule has 5 unspecified atom stereocenters. The molecule has 3 fully saturated rings. The fourth-order valence-corrected chi connectivity index (χ4v) is 14.4. The fraction of sp³-hybridized carbons (Fsp3) is 0.691. The van der Waals surface area contributed by atoms with Crippen molar-refractivity contribution < 1.29 is 37.8 Å². The Morgan fingerprint density at radius 2 is 1.66 bits per heavy atom. The first-order chi connectivity index (χ1) is 33.4. The summed E-state index contributed by atoms with van der Waals surface area (Å²) in [5.41, 5.74) is 0.891. The van der Waals surface area contributed by atoms with Gasteiger partial charge in [-0.1, -0.05) is 84.1 Å². The third kappa shape index (κ3) is 11.6. The Kier molecular flexibility index (Phi) is 18.2. The van der Waals surface area contributed by atoms with Crippen LogP contribution in [-0.2, 0) is 28.6 Å². The van der Waals surface area contributed by atoms with Gasteiger partial charge in [0.15, 0.2) is 5.78 Å². The van der Waals surface area contributed by atoms with Gasteiger partial charge in [0.25, 0.3) is 0 Å². The van der Waals surface area contributed by atoms with E-state index in [9.17, 15) is 24.0 Å². The van der Waals surface area contributed by atoms with Gasteiger partial charge in [-0.25, -0.2) is 9.18 Å². The number of rotatable bonds is 20. The molecule has 1 aromatic heterocycles. The molecule has 0 radical (unpaired) electrons. The van der Waals surface area contributed by atoms with Gasteiger partial charge in [0, 0.05) is 90.5 Å². The van der Waals surface area contributed by atoms with Gasteiger partial charge < -0.3 is 33.9 Å². The molecule has 0 spiro atoms. The van der Waals surface area contributed by atoms with Crippen LogP contribution in [0.3, 0.4) is 0 Å². The zero-order valence-corrected chi connectivity index (χ0v) is 44.8. The number of piperidine rings is 1. The molecule has 1 aromatic carbocycles. The summed E-state index contributed by atoms with van der Waals surface area (Å²) in [5.74, 6) is -1.51. The third-order valence-electron chi connectivity index (χ3n) is 16.7. The average Bonchev–Trinajstić information content (AvgIpc) is 3.65. The van der Waals surface area contributed by atoms with Gasteiger partial charge in [-0.3, -0.25) is 19.2 Å². The Bertz CT molecular complexity index is 2370. The summed E-state index contributed by atoms with van der Waals surface area (Å²) >= 11 is 3.13. The van der Waals surface area contributed by atoms with E-state index >= 15 is 4.39 Å². The number of piperazine rings is 1. The van der Waals surface area contributed by atoms with E-state index in [0.717, 1.165) is 82.0 Å². The van der Waals surface area contributed by atoms with Crippen LogP contribution in [0.2, 0.25) is 0 Å². The van der Waals surface area contributed by atoms with Crippen LogP contribution >= 0.6 is 23.5 Å². The molecular formula is C55H79FN4O8S2. The normalized spacial score (nSPS) is 30.2. The first-order valence-corrected chi connectivity index (χ1v) is 28.2. The minimum atomic E-state index is -0.714. The smallest absolute Gasteiger partial charge is 0.344 e. The molecule has 386 valence electrons. The number of thioether (sulfide) groups is 2. The molecule has 0 amide bonds. The predicted molar refractivity (Wildman–Crippen MR) is 279 cm³/mol. The maximum absolute atomic E-state index is 15.4. The number of halogens is 1. The number of aromatic nitrogens is 1. The maximum atomic E-state index is 15.4. The van der Waals surface area contributed by atoms with E-state index in [1.54, 1.807) is 17.8 Å². The van der Waals surface area contributed by atoms with Crippen molar-refractivity contribution in [1.29, 1.82) is 0 Å². The van der Waals surface area contributed by atoms with Crippen LogP contribution in [0.5, 0.6) is 0 Å². The molecule has 70 heavy (non-hydrogen) atoms. The number of Topliss-reactive ketones (excluding diaryl/α,β-unsaturated/α-hetero) is 1. The SMILES string of the molecule is C=C[C@@]1(C)C[C@H](OC(=O)CSC2CC(C)N(C)C(CC)C2)/C(C)=C2/C(=O)CCC2(C)[C@H](C)[C@H]1OC(=O)CCCCCCCCCCOC(=O)c1c2n(c3cc(N4CCNCC4)c(F)cc3c1=O)C(C)S2. The van der Waals surface area contributed by atoms with Gasteiger partial charge in [0.2, 0.25) is 5.43 Å². The van der Waals surface area contributed by atoms with Gasteiger partial charge in [0.1, 0.15) is 23.6 Å². The van der Waals surface area contributed by atoms with Crippen LogP contribution in [0.1, 0.15) is 161 Å². The van der Waals surface area contributed by atoms with E-state index < -0.39 is 40.3 Å². The minimum absolute atomic E-state index is 0.00369. The van der Waals surface area contributed by atoms with Crippen molar-refractivity contribution >= 4 is 63.8 Å². The number of benzene rings is 1. The first kappa shape index (κ1) is 54.1. The van der Waals surface area contributed by atoms with Gasteiger partial charge in [-0.15, -0.1) is 18.3 Å². The Morgan fingerprint density at radius 1 is 0.971 bits per heavy atom. The number of carbonyl (C=O) groups is 4. The molecule has 1 N–H and O–H groups in total. The molecule has 2 saturated heterocycles. The summed E-state index contributed by atoms with van der Waals surface area (Å²) in [4.78, 5) is 72.2. The van der Waals surface area contributed by atoms with Gasteiger partial charge in [0.05, 0.1) is 34.0 Å². The number of unbranched alkanes of at least 4 members (excludes halogenated alkanes) is 7. The average molecular weight is 1010 g/mol. The van der Waals surface area contributed by atoms with Crippen molar-refractivity contribution in [2.24, 2.45) is 16.7 Å². The zero-order valence-electron chi connectivity index (χ0n) is 43.1. The van der Waals surface area contributed by atoms with E-state index in [1.807, 2.05) is 36.3 Å². The van der Waals surface area contributed by atoms with Crippen molar-refractivity contribution in [3.05, 3.63) is 57.5 Å². The quantitative estimate of drug-likeness (QED) is 0.0584. The van der Waals surface area contributed by atoms with Crippen LogP contribution < -0.4 is 15.6 Å². The highest BCUT2D eigenvalue weighted by molar-refractivity contribution is 8.00. The second-order valence-corrected chi connectivity index (χ2v) is 23.9. The molecule has 1 saturated carbocycles. The molecule has 5 aliphatic rings. The molecule has 0 bridgehead atoms. The summed E-state index contributed by atoms with van der Waals surface area (Å²) < 4.78 is 35.7. The molecule has 3 aliphatic heterocycles. The lowest BCUT2D eigenvalue weighted by atomic mass is 9.60. The van der Waals surface area contributed by atoms with Gasteiger partial charge in [-0.05, 0) is 84.0 Å². The highest BCUT2D eigenvalue weighted by Crippen LogP contribution is 2.55. The van der Waals surface area contributed by atoms with Crippen LogP contribution in [0, 0.1) is 22.6 Å². The van der Waals surface area contributed by atoms with Crippen molar-refractivity contribution in [1.82, 2.24) is 14.8 Å². The topological polar surface area (TPSA) is 136 Å². The molecule has 2 aliphatic carbocycles. The molecular weight excluding hydrogens is 928 g/mol.